The van der Waals surface area contributed by atoms with Crippen LogP contribution in [0.25, 0.3) is 54.7 Å². The summed E-state index contributed by atoms with van der Waals surface area (Å²) in [6.45, 7) is 0. The number of benzene rings is 4. The van der Waals surface area contributed by atoms with Crippen LogP contribution in [-0.4, -0.2) is 9.97 Å². The second-order valence-electron chi connectivity index (χ2n) is 7.70. The van der Waals surface area contributed by atoms with Crippen molar-refractivity contribution >= 4 is 43.4 Å². The van der Waals surface area contributed by atoms with Gasteiger partial charge in [0.25, 0.3) is 0 Å². The van der Waals surface area contributed by atoms with E-state index < -0.39 is 0 Å². The lowest BCUT2D eigenvalue weighted by Crippen LogP contribution is -2.12. The highest BCUT2D eigenvalue weighted by molar-refractivity contribution is 6.07. The first-order valence-corrected chi connectivity index (χ1v) is 10.4. The molecule has 0 amide bonds. The second-order valence-corrected chi connectivity index (χ2v) is 7.70. The average molecular weight is 412 g/mol. The Balaban J connectivity index is 1.90. The van der Waals surface area contributed by atoms with Gasteiger partial charge >= 0.3 is 0 Å². The Hall–Kier alpha value is -4.44. The zero-order valence-corrected chi connectivity index (χ0v) is 16.9. The van der Waals surface area contributed by atoms with Crippen LogP contribution >= 0.6 is 0 Å². The first-order valence-electron chi connectivity index (χ1n) is 10.4. The van der Waals surface area contributed by atoms with Crippen LogP contribution < -0.4 is 10.9 Å². The van der Waals surface area contributed by atoms with Crippen molar-refractivity contribution in [1.29, 1.82) is 0 Å². The summed E-state index contributed by atoms with van der Waals surface area (Å²) in [4.78, 5) is 36.9. The van der Waals surface area contributed by atoms with E-state index in [1.54, 1.807) is 12.1 Å². The third-order valence-corrected chi connectivity index (χ3v) is 5.85. The Kier molecular flexibility index (Phi) is 4.05. The van der Waals surface area contributed by atoms with E-state index in [9.17, 15) is 9.59 Å². The molecule has 6 rings (SSSR count). The fraction of sp³-hybridized carbons (Fsp3) is 0. The molecule has 0 radical (unpaired) electrons. The van der Waals surface area contributed by atoms with Gasteiger partial charge in [-0.2, -0.15) is 0 Å². The van der Waals surface area contributed by atoms with Crippen LogP contribution in [0.4, 0.5) is 0 Å². The van der Waals surface area contributed by atoms with E-state index in [1.807, 2.05) is 84.9 Å². The van der Waals surface area contributed by atoms with Crippen molar-refractivity contribution in [2.75, 3.05) is 0 Å². The number of nitrogens with zero attached hydrogens (tertiary/aromatic N) is 2. The largest absolute Gasteiger partial charge is 0.287 e. The molecule has 0 atom stereocenters. The average Bonchev–Trinajstić information content (AvgIpc) is 3.05. The van der Waals surface area contributed by atoms with Crippen LogP contribution in [-0.2, 0) is 0 Å². The predicted octanol–water partition coefficient (Wildman–Crippen LogP) is 5.48. The van der Waals surface area contributed by atoms with Gasteiger partial charge in [-0.1, -0.05) is 84.9 Å². The van der Waals surface area contributed by atoms with Crippen molar-refractivity contribution < 1.29 is 0 Å². The minimum Gasteiger partial charge on any atom is -0.287 e. The first-order chi connectivity index (χ1) is 15.7. The van der Waals surface area contributed by atoms with Gasteiger partial charge in [-0.15, -0.1) is 0 Å². The van der Waals surface area contributed by atoms with Gasteiger partial charge in [0, 0.05) is 21.5 Å². The van der Waals surface area contributed by atoms with Crippen LogP contribution in [0.1, 0.15) is 0 Å². The number of hydrogen-bond donors (Lipinski definition) is 0. The number of rotatable bonds is 1. The molecule has 2 aromatic heterocycles. The van der Waals surface area contributed by atoms with E-state index in [0.717, 1.165) is 21.5 Å². The Morgan fingerprint density at radius 2 is 0.688 bits per heavy atom. The zero-order valence-electron chi connectivity index (χ0n) is 16.9. The van der Waals surface area contributed by atoms with Gasteiger partial charge in [-0.25, -0.2) is 9.97 Å². The molecule has 0 saturated heterocycles. The Labute approximate surface area is 182 Å². The normalized spacial score (nSPS) is 11.4. The van der Waals surface area contributed by atoms with Crippen molar-refractivity contribution in [2.24, 2.45) is 0 Å². The molecule has 0 unspecified atom stereocenters. The monoisotopic (exact) mass is 412 g/mol. The number of para-hydroxylation sites is 2. The molecule has 6 aromatic rings. The number of fused-ring (bicyclic) bond motifs is 6. The summed E-state index contributed by atoms with van der Waals surface area (Å²) in [5, 5.41) is 4.33. The molecule has 4 aromatic carbocycles. The quantitative estimate of drug-likeness (QED) is 0.359. The molecule has 0 saturated carbocycles. The highest BCUT2D eigenvalue weighted by Gasteiger charge is 2.17. The SMILES string of the molecule is O=c1c(-c2nc3ccccc3c3ccccc3c2=O)nc2ccccc2c2ccccc12. The number of aromatic nitrogens is 2. The topological polar surface area (TPSA) is 59.9 Å². The summed E-state index contributed by atoms with van der Waals surface area (Å²) in [7, 11) is 0. The summed E-state index contributed by atoms with van der Waals surface area (Å²) in [6, 6.07) is 30.0. The van der Waals surface area contributed by atoms with Gasteiger partial charge in [-0.05, 0) is 22.9 Å². The van der Waals surface area contributed by atoms with Gasteiger partial charge < -0.3 is 0 Å². The van der Waals surface area contributed by atoms with E-state index in [4.69, 9.17) is 9.97 Å². The minimum atomic E-state index is -0.305. The molecule has 0 aliphatic rings. The fourth-order valence-corrected chi connectivity index (χ4v) is 4.35. The summed E-state index contributed by atoms with van der Waals surface area (Å²) in [5.41, 5.74) is 0.809. The van der Waals surface area contributed by atoms with Crippen LogP contribution in [0.2, 0.25) is 0 Å². The molecular formula is C28H16N2O2. The third-order valence-electron chi connectivity index (χ3n) is 5.85. The van der Waals surface area contributed by atoms with E-state index >= 15 is 0 Å². The van der Waals surface area contributed by atoms with Crippen LogP contribution in [0.5, 0.6) is 0 Å². The Morgan fingerprint density at radius 3 is 1.09 bits per heavy atom. The zero-order chi connectivity index (χ0) is 21.7. The molecule has 0 spiro atoms. The Bertz CT molecular complexity index is 1690. The smallest absolute Gasteiger partial charge is 0.214 e. The number of hydrogen-bond acceptors (Lipinski definition) is 4. The molecule has 2 heterocycles. The Morgan fingerprint density at radius 1 is 0.375 bits per heavy atom. The molecule has 0 bridgehead atoms. The maximum atomic E-state index is 13.7. The summed E-state index contributed by atoms with van der Waals surface area (Å²) in [5.74, 6) is 0. The summed E-state index contributed by atoms with van der Waals surface area (Å²) in [6.07, 6.45) is 0. The maximum Gasteiger partial charge on any atom is 0.214 e. The van der Waals surface area contributed by atoms with Gasteiger partial charge in [0.05, 0.1) is 11.0 Å². The van der Waals surface area contributed by atoms with Crippen molar-refractivity contribution in [3.05, 3.63) is 118 Å². The molecule has 0 aliphatic heterocycles. The van der Waals surface area contributed by atoms with Crippen molar-refractivity contribution in [3.63, 3.8) is 0 Å². The molecule has 4 nitrogen and oxygen atoms in total. The standard InChI is InChI=1S/C28H16N2O2/c31-27-21-13-3-1-9-17(21)19-11-5-7-15-23(19)29-25(27)26-28(32)22-14-4-2-10-18(22)20-12-6-8-16-24(20)30-26/h1-16H. The van der Waals surface area contributed by atoms with Gasteiger partial charge in [-0.3, -0.25) is 9.59 Å². The molecule has 150 valence electrons. The molecule has 0 aliphatic carbocycles. The summed E-state index contributed by atoms with van der Waals surface area (Å²) < 4.78 is 0. The predicted molar refractivity (Wildman–Crippen MR) is 130 cm³/mol. The third kappa shape index (κ3) is 2.70. The van der Waals surface area contributed by atoms with Gasteiger partial charge in [0.1, 0.15) is 11.4 Å². The van der Waals surface area contributed by atoms with Crippen molar-refractivity contribution in [2.45, 2.75) is 0 Å². The second kappa shape index (κ2) is 7.06. The van der Waals surface area contributed by atoms with E-state index in [-0.39, 0.29) is 22.2 Å². The van der Waals surface area contributed by atoms with E-state index in [2.05, 4.69) is 0 Å². The van der Waals surface area contributed by atoms with Crippen molar-refractivity contribution in [1.82, 2.24) is 9.97 Å². The molecule has 32 heavy (non-hydrogen) atoms. The molecule has 4 heteroatoms. The molecule has 0 fully saturated rings. The highest BCUT2D eigenvalue weighted by atomic mass is 16.1. The van der Waals surface area contributed by atoms with E-state index in [1.165, 1.54) is 0 Å². The molecule has 0 N–H and O–H groups in total. The fourth-order valence-electron chi connectivity index (χ4n) is 4.35. The minimum absolute atomic E-state index is 0.0684. The summed E-state index contributed by atoms with van der Waals surface area (Å²) >= 11 is 0. The first kappa shape index (κ1) is 18.3. The van der Waals surface area contributed by atoms with E-state index in [0.29, 0.717) is 21.8 Å². The highest BCUT2D eigenvalue weighted by Crippen LogP contribution is 2.25. The van der Waals surface area contributed by atoms with Crippen molar-refractivity contribution in [3.8, 4) is 11.4 Å². The molecular weight excluding hydrogens is 396 g/mol. The van der Waals surface area contributed by atoms with Gasteiger partial charge in [0.2, 0.25) is 10.9 Å². The van der Waals surface area contributed by atoms with Gasteiger partial charge in [0.15, 0.2) is 0 Å². The van der Waals surface area contributed by atoms with Crippen LogP contribution in [0.15, 0.2) is 107 Å². The van der Waals surface area contributed by atoms with Crippen LogP contribution in [0, 0.1) is 0 Å². The maximum absolute atomic E-state index is 13.7. The van der Waals surface area contributed by atoms with Crippen LogP contribution in [0.3, 0.4) is 0 Å². The lowest BCUT2D eigenvalue weighted by molar-refractivity contribution is 1.31. The lowest BCUT2D eigenvalue weighted by atomic mass is 10.1. The lowest BCUT2D eigenvalue weighted by Gasteiger charge is -1.95.